The maximum Gasteiger partial charge on any atom is 0.472 e. The summed E-state index contributed by atoms with van der Waals surface area (Å²) in [7, 11) is -10.7. The van der Waals surface area contributed by atoms with Crippen LogP contribution in [0.2, 0.25) is 0 Å². The fourth-order valence-electron chi connectivity index (χ4n) is 7.31. The van der Waals surface area contributed by atoms with Crippen LogP contribution in [0.4, 0.5) is 0 Å². The monoisotopic (exact) mass is 1020 g/mol. The summed E-state index contributed by atoms with van der Waals surface area (Å²) in [6.07, 6.45) is 28.6. The second-order valence-electron chi connectivity index (χ2n) is 17.6. The summed E-state index contributed by atoms with van der Waals surface area (Å²) < 4.78 is 49.4. The van der Waals surface area contributed by atoms with Crippen LogP contribution in [-0.4, -0.2) is 109 Å². The molecule has 0 heterocycles. The molecule has 19 heteroatoms. The Labute approximate surface area is 411 Å². The van der Waals surface area contributed by atoms with E-state index in [1.165, 1.54) is 25.7 Å². The average molecular weight is 1020 g/mol. The van der Waals surface area contributed by atoms with Crippen molar-refractivity contribution in [3.63, 3.8) is 0 Å². The molecule has 1 aliphatic carbocycles. The van der Waals surface area contributed by atoms with Crippen molar-refractivity contribution >= 4 is 33.4 Å². The van der Waals surface area contributed by atoms with Crippen molar-refractivity contribution in [3.8, 4) is 0 Å². The molecule has 17 nitrogen and oxygen atoms in total. The molecular formula is C50H86O17P2. The molecule has 0 amide bonds. The van der Waals surface area contributed by atoms with Gasteiger partial charge in [0, 0.05) is 19.3 Å². The van der Waals surface area contributed by atoms with Gasteiger partial charge in [-0.15, -0.1) is 0 Å². The number of hydrogen-bond donors (Lipinski definition) is 7. The number of unbranched alkanes of at least 4 members (excludes halogenated alkanes) is 17. The molecule has 8 atom stereocenters. The zero-order chi connectivity index (χ0) is 51.2. The largest absolute Gasteiger partial charge is 0.472 e. The number of rotatable bonds is 42. The van der Waals surface area contributed by atoms with Crippen molar-refractivity contribution in [3.05, 3.63) is 60.8 Å². The van der Waals surface area contributed by atoms with Gasteiger partial charge >= 0.3 is 27.6 Å². The van der Waals surface area contributed by atoms with E-state index in [1.54, 1.807) is 12.2 Å². The van der Waals surface area contributed by atoms with Crippen LogP contribution in [0.1, 0.15) is 181 Å². The van der Waals surface area contributed by atoms with E-state index in [-0.39, 0.29) is 18.6 Å². The van der Waals surface area contributed by atoms with Crippen molar-refractivity contribution < 1.29 is 81.7 Å². The van der Waals surface area contributed by atoms with E-state index in [0.29, 0.717) is 19.3 Å². The summed E-state index contributed by atoms with van der Waals surface area (Å²) in [6, 6.07) is 0. The minimum absolute atomic E-state index is 0.00959. The third kappa shape index (κ3) is 34.4. The van der Waals surface area contributed by atoms with Gasteiger partial charge in [-0.1, -0.05) is 146 Å². The lowest BCUT2D eigenvalue weighted by molar-refractivity contribution is -0.216. The highest BCUT2D eigenvalue weighted by atomic mass is 31.2. The Hall–Kier alpha value is -2.63. The molecule has 69 heavy (non-hydrogen) atoms. The molecular weight excluding hydrogens is 934 g/mol. The van der Waals surface area contributed by atoms with Crippen molar-refractivity contribution in [1.82, 2.24) is 0 Å². The van der Waals surface area contributed by atoms with E-state index in [2.05, 4.69) is 54.8 Å². The molecule has 398 valence electrons. The van der Waals surface area contributed by atoms with Crippen LogP contribution in [0.25, 0.3) is 0 Å². The van der Waals surface area contributed by atoms with Gasteiger partial charge in [0.2, 0.25) is 0 Å². The summed E-state index contributed by atoms with van der Waals surface area (Å²) >= 11 is 0. The summed E-state index contributed by atoms with van der Waals surface area (Å²) in [5.41, 5.74) is 0. The van der Waals surface area contributed by atoms with Crippen LogP contribution in [0.5, 0.6) is 0 Å². The smallest absolute Gasteiger partial charge is 0.462 e. The molecule has 0 spiro atoms. The number of aliphatic hydroxyl groups is 4. The highest BCUT2D eigenvalue weighted by Gasteiger charge is 2.54. The van der Waals surface area contributed by atoms with Crippen LogP contribution < -0.4 is 0 Å². The van der Waals surface area contributed by atoms with Gasteiger partial charge in [0.15, 0.2) is 11.9 Å². The molecule has 7 N–H and O–H groups in total. The topological polar surface area (TPSA) is 273 Å². The van der Waals surface area contributed by atoms with Crippen LogP contribution >= 0.6 is 15.6 Å². The first kappa shape index (κ1) is 64.4. The molecule has 1 saturated carbocycles. The van der Waals surface area contributed by atoms with Crippen LogP contribution in [0, 0.1) is 0 Å². The van der Waals surface area contributed by atoms with Crippen molar-refractivity contribution in [2.45, 2.75) is 224 Å². The number of ketones is 1. The summed E-state index contributed by atoms with van der Waals surface area (Å²) in [6.45, 7) is 2.91. The van der Waals surface area contributed by atoms with Gasteiger partial charge in [-0.25, -0.2) is 9.13 Å². The van der Waals surface area contributed by atoms with E-state index in [0.717, 1.165) is 109 Å². The van der Waals surface area contributed by atoms with Crippen LogP contribution in [0.3, 0.4) is 0 Å². The number of phosphoric ester groups is 2. The molecule has 1 fully saturated rings. The number of ether oxygens (including phenoxy) is 2. The fourth-order valence-corrected chi connectivity index (χ4v) is 8.85. The first-order chi connectivity index (χ1) is 33.0. The molecule has 0 aromatic carbocycles. The first-order valence-electron chi connectivity index (χ1n) is 25.3. The lowest BCUT2D eigenvalue weighted by Gasteiger charge is -2.43. The van der Waals surface area contributed by atoms with Crippen molar-refractivity contribution in [1.29, 1.82) is 0 Å². The molecule has 0 aromatic rings. The molecule has 5 unspecified atom stereocenters. The van der Waals surface area contributed by atoms with Gasteiger partial charge in [-0.05, 0) is 76.7 Å². The Balaban J connectivity index is 2.59. The summed E-state index contributed by atoms with van der Waals surface area (Å²) in [4.78, 5) is 66.2. The van der Waals surface area contributed by atoms with E-state index < -0.39 is 83.5 Å². The van der Waals surface area contributed by atoms with Gasteiger partial charge in [-0.2, -0.15) is 0 Å². The Kier molecular flexibility index (Phi) is 37.3. The SMILES string of the molecule is CCCCCC/C=C\C/C=C\C/C=C\CCCCCCCCC(=O)O[C@H](COC(=O)CCCCCCC/C=C\C=C\C(=O)CCCCC)COP(=O)(O)O[C@H]1C(O)C(O)C(O)[C@@H](OP(=O)(O)O)C1O. The maximum absolute atomic E-state index is 13.0. The molecule has 0 bridgehead atoms. The lowest BCUT2D eigenvalue weighted by atomic mass is 9.85. The van der Waals surface area contributed by atoms with Crippen LogP contribution in [0.15, 0.2) is 60.8 Å². The minimum Gasteiger partial charge on any atom is -0.462 e. The number of aliphatic hydroxyl groups excluding tert-OH is 4. The Bertz CT molecular complexity index is 1630. The molecule has 0 saturated heterocycles. The van der Waals surface area contributed by atoms with Gasteiger partial charge in [0.25, 0.3) is 0 Å². The predicted molar refractivity (Wildman–Crippen MR) is 265 cm³/mol. The number of phosphoric acid groups is 2. The normalized spacial score (nSPS) is 21.5. The number of allylic oxidation sites excluding steroid dienone is 10. The lowest BCUT2D eigenvalue weighted by Crippen LogP contribution is -2.64. The van der Waals surface area contributed by atoms with Crippen LogP contribution in [-0.2, 0) is 46.6 Å². The molecule has 0 aliphatic heterocycles. The molecule has 0 radical (unpaired) electrons. The van der Waals surface area contributed by atoms with Gasteiger partial charge < -0.3 is 44.6 Å². The Morgan fingerprint density at radius 3 is 1.54 bits per heavy atom. The standard InChI is InChI=1S/C50H86O17P2/c1-3-5-7-8-9-10-11-12-13-14-15-16-17-18-19-20-23-27-30-34-38-44(53)65-42(39-63-43(52)37-33-29-26-24-21-22-25-28-32-36-41(51)35-31-6-4-2)40-64-69(61,62)67-50-47(56)45(54)46(55)49(48(50)57)66-68(58,59)60/h10-11,13-14,16-17,25,28,32,36,42,45-50,54-57H,3-9,12,15,18-24,26-27,29-31,33-35,37-40H2,1-2H3,(H,61,62)(H2,58,59,60)/b11-10-,14-13-,17-16-,28-25-,36-32+/t42-,45?,46?,47?,48?,49-,50+/m1/s1. The van der Waals surface area contributed by atoms with Gasteiger partial charge in [0.05, 0.1) is 6.61 Å². The highest BCUT2D eigenvalue weighted by Crippen LogP contribution is 2.49. The highest BCUT2D eigenvalue weighted by molar-refractivity contribution is 7.47. The van der Waals surface area contributed by atoms with Crippen molar-refractivity contribution in [2.75, 3.05) is 13.2 Å². The predicted octanol–water partition coefficient (Wildman–Crippen LogP) is 9.41. The van der Waals surface area contributed by atoms with E-state index in [4.69, 9.17) is 18.5 Å². The molecule has 0 aromatic heterocycles. The molecule has 1 aliphatic rings. The molecule has 1 rings (SSSR count). The number of hydrogen-bond acceptors (Lipinski definition) is 14. The average Bonchev–Trinajstić information content (AvgIpc) is 3.30. The van der Waals surface area contributed by atoms with E-state index in [9.17, 15) is 58.6 Å². The quantitative estimate of drug-likeness (QED) is 0.00749. The second-order valence-corrected chi connectivity index (χ2v) is 20.2. The zero-order valence-electron chi connectivity index (χ0n) is 41.2. The third-order valence-electron chi connectivity index (χ3n) is 11.3. The third-order valence-corrected chi connectivity index (χ3v) is 12.8. The Morgan fingerprint density at radius 1 is 0.507 bits per heavy atom. The van der Waals surface area contributed by atoms with E-state index >= 15 is 0 Å². The zero-order valence-corrected chi connectivity index (χ0v) is 43.0. The minimum atomic E-state index is -5.38. The maximum atomic E-state index is 13.0. The number of esters is 2. The first-order valence-corrected chi connectivity index (χ1v) is 28.3. The van der Waals surface area contributed by atoms with Gasteiger partial charge in [0.1, 0.15) is 43.2 Å². The second kappa shape index (κ2) is 39.9. The van der Waals surface area contributed by atoms with E-state index in [1.807, 2.05) is 12.2 Å². The summed E-state index contributed by atoms with van der Waals surface area (Å²) in [5, 5.41) is 41.3. The number of carbonyl (C=O) groups is 3. The Morgan fingerprint density at radius 2 is 0.971 bits per heavy atom. The van der Waals surface area contributed by atoms with Crippen molar-refractivity contribution in [2.24, 2.45) is 0 Å². The fraction of sp³-hybridized carbons (Fsp3) is 0.740. The number of carbonyl (C=O) groups excluding carboxylic acids is 3. The summed E-state index contributed by atoms with van der Waals surface area (Å²) in [5.74, 6) is -1.15. The van der Waals surface area contributed by atoms with Gasteiger partial charge in [-0.3, -0.25) is 28.0 Å².